The van der Waals surface area contributed by atoms with Gasteiger partial charge in [0.15, 0.2) is 5.78 Å². The number of β-amino-alcohol motifs (C(OH)–C–C–N with tert-alkyl or cyclic N) is 1. The molecule has 0 atom stereocenters. The first-order valence-corrected chi connectivity index (χ1v) is 9.20. The van der Waals surface area contributed by atoms with E-state index >= 15 is 0 Å². The number of allylic oxidation sites excluding steroid dienone is 1. The van der Waals surface area contributed by atoms with Crippen LogP contribution < -0.4 is 4.90 Å². The van der Waals surface area contributed by atoms with Gasteiger partial charge in [-0.3, -0.25) is 9.69 Å². The molecule has 1 heterocycles. The zero-order valence-corrected chi connectivity index (χ0v) is 15.4. The molecule has 0 saturated carbocycles. The van der Waals surface area contributed by atoms with Crippen LogP contribution in [-0.4, -0.2) is 55.1 Å². The molecule has 26 heavy (non-hydrogen) atoms. The Morgan fingerprint density at radius 3 is 2.27 bits per heavy atom. The molecular weight excluding hydrogens is 348 g/mol. The number of aliphatic hydroxyl groups excluding tert-OH is 1. The molecule has 4 nitrogen and oxygen atoms in total. The van der Waals surface area contributed by atoms with Crippen molar-refractivity contribution in [1.29, 1.82) is 0 Å². The molecule has 1 fully saturated rings. The highest BCUT2D eigenvalue weighted by Gasteiger charge is 2.16. The van der Waals surface area contributed by atoms with Gasteiger partial charge in [-0.2, -0.15) is 0 Å². The van der Waals surface area contributed by atoms with Crippen LogP contribution in [0.2, 0.25) is 5.02 Å². The number of anilines is 1. The van der Waals surface area contributed by atoms with E-state index in [-0.39, 0.29) is 12.4 Å². The van der Waals surface area contributed by atoms with E-state index < -0.39 is 0 Å². The van der Waals surface area contributed by atoms with Crippen LogP contribution in [0.25, 0.3) is 6.08 Å². The average molecular weight is 371 g/mol. The summed E-state index contributed by atoms with van der Waals surface area (Å²) in [4.78, 5) is 16.8. The van der Waals surface area contributed by atoms with Gasteiger partial charge in [-0.05, 0) is 48.0 Å². The van der Waals surface area contributed by atoms with E-state index in [2.05, 4.69) is 21.9 Å². The molecule has 1 aliphatic heterocycles. The fraction of sp³-hybridized carbons (Fsp3) is 0.286. The quantitative estimate of drug-likeness (QED) is 0.625. The van der Waals surface area contributed by atoms with E-state index in [9.17, 15) is 4.79 Å². The van der Waals surface area contributed by atoms with Crippen molar-refractivity contribution in [3.05, 3.63) is 70.8 Å². The van der Waals surface area contributed by atoms with Crippen LogP contribution in [0.15, 0.2) is 54.6 Å². The lowest BCUT2D eigenvalue weighted by atomic mass is 10.1. The van der Waals surface area contributed by atoms with E-state index in [0.717, 1.165) is 38.3 Å². The predicted molar refractivity (Wildman–Crippen MR) is 107 cm³/mol. The Morgan fingerprint density at radius 1 is 1.00 bits per heavy atom. The number of piperazine rings is 1. The highest BCUT2D eigenvalue weighted by Crippen LogP contribution is 2.18. The lowest BCUT2D eigenvalue weighted by Crippen LogP contribution is -2.47. The number of aliphatic hydroxyl groups is 1. The molecule has 0 amide bonds. The first-order chi connectivity index (χ1) is 12.7. The number of halogens is 1. The molecule has 1 saturated heterocycles. The summed E-state index contributed by atoms with van der Waals surface area (Å²) in [6.07, 6.45) is 3.42. The number of carbonyl (C=O) groups excluding carboxylic acids is 1. The second-order valence-electron chi connectivity index (χ2n) is 6.35. The molecule has 1 N–H and O–H groups in total. The van der Waals surface area contributed by atoms with Crippen molar-refractivity contribution in [3.8, 4) is 0 Å². The van der Waals surface area contributed by atoms with Crippen LogP contribution in [-0.2, 0) is 0 Å². The van der Waals surface area contributed by atoms with Crippen molar-refractivity contribution in [1.82, 2.24) is 4.90 Å². The fourth-order valence-corrected chi connectivity index (χ4v) is 3.18. The topological polar surface area (TPSA) is 43.8 Å². The summed E-state index contributed by atoms with van der Waals surface area (Å²) >= 11 is 5.84. The molecule has 2 aromatic carbocycles. The number of rotatable bonds is 6. The number of nitrogens with zero attached hydrogens (tertiary/aromatic N) is 2. The van der Waals surface area contributed by atoms with E-state index in [0.29, 0.717) is 10.6 Å². The fourth-order valence-electron chi connectivity index (χ4n) is 3.05. The third-order valence-electron chi connectivity index (χ3n) is 4.60. The Kier molecular flexibility index (Phi) is 6.45. The Hall–Kier alpha value is -2.14. The molecule has 0 aliphatic carbocycles. The second-order valence-corrected chi connectivity index (χ2v) is 6.78. The zero-order valence-electron chi connectivity index (χ0n) is 14.6. The molecular formula is C21H23ClN2O2. The van der Waals surface area contributed by atoms with Crippen molar-refractivity contribution in [2.75, 3.05) is 44.2 Å². The molecule has 5 heteroatoms. The van der Waals surface area contributed by atoms with Gasteiger partial charge in [-0.15, -0.1) is 0 Å². The van der Waals surface area contributed by atoms with Crippen molar-refractivity contribution in [3.63, 3.8) is 0 Å². The van der Waals surface area contributed by atoms with E-state index in [1.807, 2.05) is 18.2 Å². The molecule has 0 bridgehead atoms. The molecule has 2 aromatic rings. The van der Waals surface area contributed by atoms with Gasteiger partial charge in [0, 0.05) is 49.0 Å². The summed E-state index contributed by atoms with van der Waals surface area (Å²) in [5.41, 5.74) is 2.81. The number of hydrogen-bond donors (Lipinski definition) is 1. The van der Waals surface area contributed by atoms with E-state index in [1.54, 1.807) is 30.3 Å². The number of hydrogen-bond acceptors (Lipinski definition) is 4. The van der Waals surface area contributed by atoms with Gasteiger partial charge < -0.3 is 10.0 Å². The molecule has 3 rings (SSSR count). The molecule has 136 valence electrons. The van der Waals surface area contributed by atoms with Gasteiger partial charge >= 0.3 is 0 Å². The molecule has 0 radical (unpaired) electrons. The van der Waals surface area contributed by atoms with Crippen LogP contribution in [0.1, 0.15) is 15.9 Å². The first-order valence-electron chi connectivity index (χ1n) is 8.82. The van der Waals surface area contributed by atoms with Gasteiger partial charge in [-0.1, -0.05) is 29.8 Å². The summed E-state index contributed by atoms with van der Waals surface area (Å²) in [5, 5.41) is 9.64. The van der Waals surface area contributed by atoms with Crippen LogP contribution in [0.3, 0.4) is 0 Å². The predicted octanol–water partition coefficient (Wildman–Crippen LogP) is 3.35. The molecule has 0 spiro atoms. The van der Waals surface area contributed by atoms with Crippen LogP contribution in [0, 0.1) is 0 Å². The van der Waals surface area contributed by atoms with Crippen LogP contribution in [0.4, 0.5) is 5.69 Å². The summed E-state index contributed by atoms with van der Waals surface area (Å²) in [5.74, 6) is -0.0363. The molecule has 0 aromatic heterocycles. The summed E-state index contributed by atoms with van der Waals surface area (Å²) in [6, 6.07) is 15.1. The minimum absolute atomic E-state index is 0.0363. The second kappa shape index (κ2) is 8.99. The van der Waals surface area contributed by atoms with Crippen molar-refractivity contribution >= 4 is 29.1 Å². The van der Waals surface area contributed by atoms with Crippen molar-refractivity contribution in [2.24, 2.45) is 0 Å². The SMILES string of the molecule is O=C(/C=C/c1ccc(N2CCN(CCO)CC2)cc1)c1ccc(Cl)cc1. The van der Waals surface area contributed by atoms with Crippen LogP contribution in [0.5, 0.6) is 0 Å². The zero-order chi connectivity index (χ0) is 18.4. The number of carbonyl (C=O) groups is 1. The Morgan fingerprint density at radius 2 is 1.65 bits per heavy atom. The lowest BCUT2D eigenvalue weighted by Gasteiger charge is -2.35. The Bertz CT molecular complexity index is 749. The van der Waals surface area contributed by atoms with Crippen molar-refractivity contribution in [2.45, 2.75) is 0 Å². The smallest absolute Gasteiger partial charge is 0.185 e. The van der Waals surface area contributed by atoms with Crippen LogP contribution >= 0.6 is 11.6 Å². The van der Waals surface area contributed by atoms with E-state index in [4.69, 9.17) is 16.7 Å². The summed E-state index contributed by atoms with van der Waals surface area (Å²) in [6.45, 7) is 4.83. The standard InChI is InChI=1S/C21H23ClN2O2/c22-19-6-4-18(5-7-19)21(26)10-3-17-1-8-20(9-2-17)24-13-11-23(12-14-24)15-16-25/h1-10,25H,11-16H2/b10-3+. The van der Waals surface area contributed by atoms with Gasteiger partial charge in [0.05, 0.1) is 6.61 Å². The van der Waals surface area contributed by atoms with E-state index in [1.165, 1.54) is 5.69 Å². The normalized spacial score (nSPS) is 15.5. The summed E-state index contributed by atoms with van der Waals surface area (Å²) in [7, 11) is 0. The maximum atomic E-state index is 12.2. The first kappa shape index (κ1) is 18.6. The van der Waals surface area contributed by atoms with Gasteiger partial charge in [0.2, 0.25) is 0 Å². The number of benzene rings is 2. The monoisotopic (exact) mass is 370 g/mol. The Labute approximate surface area is 159 Å². The molecule has 0 unspecified atom stereocenters. The summed E-state index contributed by atoms with van der Waals surface area (Å²) < 4.78 is 0. The van der Waals surface area contributed by atoms with Gasteiger partial charge in [-0.25, -0.2) is 0 Å². The number of ketones is 1. The maximum absolute atomic E-state index is 12.2. The average Bonchev–Trinajstić information content (AvgIpc) is 2.68. The largest absolute Gasteiger partial charge is 0.395 e. The molecule has 1 aliphatic rings. The lowest BCUT2D eigenvalue weighted by molar-refractivity contribution is 0.104. The minimum Gasteiger partial charge on any atom is -0.395 e. The maximum Gasteiger partial charge on any atom is 0.185 e. The van der Waals surface area contributed by atoms with Crippen molar-refractivity contribution < 1.29 is 9.90 Å². The third-order valence-corrected chi connectivity index (χ3v) is 4.85. The van der Waals surface area contributed by atoms with Gasteiger partial charge in [0.25, 0.3) is 0 Å². The highest BCUT2D eigenvalue weighted by atomic mass is 35.5. The highest BCUT2D eigenvalue weighted by molar-refractivity contribution is 6.30. The Balaban J connectivity index is 1.57. The third kappa shape index (κ3) is 4.94. The minimum atomic E-state index is -0.0363. The van der Waals surface area contributed by atoms with Gasteiger partial charge in [0.1, 0.15) is 0 Å².